The molecule has 0 saturated heterocycles. The fourth-order valence-electron chi connectivity index (χ4n) is 0.756. The van der Waals surface area contributed by atoms with Crippen molar-refractivity contribution in [2.45, 2.75) is 45.9 Å². The molecule has 0 aromatic carbocycles. The van der Waals surface area contributed by atoms with Gasteiger partial charge in [-0.3, -0.25) is 5.32 Å². The number of hydrogen-bond acceptors (Lipinski definition) is 3. The van der Waals surface area contributed by atoms with Crippen molar-refractivity contribution in [3.63, 3.8) is 0 Å². The molecule has 0 saturated carbocycles. The second-order valence-corrected chi connectivity index (χ2v) is 3.49. The van der Waals surface area contributed by atoms with Gasteiger partial charge in [0.2, 0.25) is 0 Å². The largest absolute Gasteiger partial charge is 0.438 e. The Kier molecular flexibility index (Phi) is 4.11. The monoisotopic (exact) mass is 158 g/mol. The van der Waals surface area contributed by atoms with Crippen LogP contribution in [0.1, 0.15) is 34.1 Å². The van der Waals surface area contributed by atoms with Gasteiger partial charge in [0.05, 0.1) is 0 Å². The van der Waals surface area contributed by atoms with Crippen molar-refractivity contribution in [2.75, 3.05) is 0 Å². The SMILES string of the molecule is CCC(NC(C)(C)C)O[C]=O. The van der Waals surface area contributed by atoms with E-state index in [-0.39, 0.29) is 11.8 Å². The zero-order valence-electron chi connectivity index (χ0n) is 7.60. The average Bonchev–Trinajstić information content (AvgIpc) is 1.84. The summed E-state index contributed by atoms with van der Waals surface area (Å²) >= 11 is 0. The van der Waals surface area contributed by atoms with E-state index in [1.165, 1.54) is 6.47 Å². The quantitative estimate of drug-likeness (QED) is 0.625. The molecule has 3 heteroatoms. The molecule has 3 nitrogen and oxygen atoms in total. The molecule has 1 radical (unpaired) electrons. The lowest BCUT2D eigenvalue weighted by Gasteiger charge is -2.25. The van der Waals surface area contributed by atoms with Gasteiger partial charge in [-0.25, -0.2) is 4.79 Å². The van der Waals surface area contributed by atoms with Gasteiger partial charge >= 0.3 is 6.47 Å². The van der Waals surface area contributed by atoms with Crippen molar-refractivity contribution >= 4 is 6.47 Å². The molecule has 0 aromatic rings. The van der Waals surface area contributed by atoms with Gasteiger partial charge in [0.15, 0.2) is 6.23 Å². The molecule has 1 unspecified atom stereocenters. The van der Waals surface area contributed by atoms with E-state index in [0.717, 1.165) is 6.42 Å². The molecular weight excluding hydrogens is 142 g/mol. The maximum absolute atomic E-state index is 9.87. The zero-order chi connectivity index (χ0) is 8.91. The second-order valence-electron chi connectivity index (χ2n) is 3.49. The van der Waals surface area contributed by atoms with E-state index in [1.54, 1.807) is 0 Å². The molecule has 65 valence electrons. The van der Waals surface area contributed by atoms with Crippen molar-refractivity contribution < 1.29 is 9.53 Å². The smallest absolute Gasteiger partial charge is 0.419 e. The summed E-state index contributed by atoms with van der Waals surface area (Å²) in [6, 6.07) is 0. The Labute approximate surface area is 68.1 Å². The fourth-order valence-corrected chi connectivity index (χ4v) is 0.756. The molecule has 0 aromatic heterocycles. The number of rotatable bonds is 4. The third-order valence-electron chi connectivity index (χ3n) is 1.16. The number of nitrogens with one attached hydrogen (secondary N) is 1. The summed E-state index contributed by atoms with van der Waals surface area (Å²) in [5.41, 5.74) is -0.0302. The van der Waals surface area contributed by atoms with Gasteiger partial charge in [0.25, 0.3) is 0 Å². The third-order valence-corrected chi connectivity index (χ3v) is 1.16. The Morgan fingerprint density at radius 3 is 2.36 bits per heavy atom. The summed E-state index contributed by atoms with van der Waals surface area (Å²) in [6.07, 6.45) is 0.541. The van der Waals surface area contributed by atoms with Gasteiger partial charge in [-0.2, -0.15) is 0 Å². The summed E-state index contributed by atoms with van der Waals surface area (Å²) < 4.78 is 4.65. The molecule has 1 N–H and O–H groups in total. The highest BCUT2D eigenvalue weighted by Gasteiger charge is 2.15. The molecular formula is C8H16NO2. The normalized spacial score (nSPS) is 14.2. The molecule has 0 aliphatic heterocycles. The van der Waals surface area contributed by atoms with Crippen molar-refractivity contribution in [3.8, 4) is 0 Å². The van der Waals surface area contributed by atoms with Crippen molar-refractivity contribution in [3.05, 3.63) is 0 Å². The zero-order valence-corrected chi connectivity index (χ0v) is 7.60. The predicted molar refractivity (Wildman–Crippen MR) is 43.7 cm³/mol. The molecule has 0 heterocycles. The molecule has 11 heavy (non-hydrogen) atoms. The van der Waals surface area contributed by atoms with Crippen LogP contribution in [0.25, 0.3) is 0 Å². The Bertz CT molecular complexity index is 118. The lowest BCUT2D eigenvalue weighted by Crippen LogP contribution is -2.44. The average molecular weight is 158 g/mol. The minimum atomic E-state index is -0.215. The van der Waals surface area contributed by atoms with Crippen LogP contribution in [0.15, 0.2) is 0 Å². The van der Waals surface area contributed by atoms with E-state index >= 15 is 0 Å². The highest BCUT2D eigenvalue weighted by Crippen LogP contribution is 2.03. The van der Waals surface area contributed by atoms with E-state index in [4.69, 9.17) is 0 Å². The minimum absolute atomic E-state index is 0.0302. The standard InChI is InChI=1S/C8H16NO2/c1-5-7(11-6-10)9-8(2,3)4/h7,9H,5H2,1-4H3. The highest BCUT2D eigenvalue weighted by molar-refractivity contribution is 5.38. The van der Waals surface area contributed by atoms with Crippen LogP contribution in [0.5, 0.6) is 0 Å². The van der Waals surface area contributed by atoms with Crippen LogP contribution in [0, 0.1) is 0 Å². The van der Waals surface area contributed by atoms with E-state index in [1.807, 2.05) is 27.7 Å². The molecule has 0 aliphatic rings. The fraction of sp³-hybridized carbons (Fsp3) is 0.875. The van der Waals surface area contributed by atoms with E-state index in [0.29, 0.717) is 0 Å². The Balaban J connectivity index is 3.77. The first-order valence-electron chi connectivity index (χ1n) is 3.80. The van der Waals surface area contributed by atoms with Crippen LogP contribution < -0.4 is 5.32 Å². The lowest BCUT2D eigenvalue weighted by molar-refractivity contribution is 0.109. The molecule has 0 aliphatic carbocycles. The van der Waals surface area contributed by atoms with E-state index < -0.39 is 0 Å². The summed E-state index contributed by atoms with van der Waals surface area (Å²) in [5, 5.41) is 3.12. The van der Waals surface area contributed by atoms with Crippen LogP contribution in [0.4, 0.5) is 0 Å². The first-order chi connectivity index (χ1) is 4.99. The molecule has 0 bridgehead atoms. The molecule has 0 fully saturated rings. The molecule has 0 rings (SSSR count). The van der Waals surface area contributed by atoms with Crippen LogP contribution in [0.2, 0.25) is 0 Å². The second kappa shape index (κ2) is 4.34. The Hall–Kier alpha value is -0.570. The summed E-state index contributed by atoms with van der Waals surface area (Å²) in [7, 11) is 0. The number of ether oxygens (including phenoxy) is 1. The Morgan fingerprint density at radius 2 is 2.09 bits per heavy atom. The van der Waals surface area contributed by atoms with Gasteiger partial charge in [-0.05, 0) is 27.2 Å². The minimum Gasteiger partial charge on any atom is -0.438 e. The Morgan fingerprint density at radius 1 is 1.55 bits per heavy atom. The topological polar surface area (TPSA) is 38.3 Å². The van der Waals surface area contributed by atoms with Crippen molar-refractivity contribution in [1.82, 2.24) is 5.32 Å². The highest BCUT2D eigenvalue weighted by atomic mass is 16.5. The van der Waals surface area contributed by atoms with Crippen molar-refractivity contribution in [1.29, 1.82) is 0 Å². The van der Waals surface area contributed by atoms with Gasteiger partial charge in [-0.15, -0.1) is 0 Å². The van der Waals surface area contributed by atoms with Crippen LogP contribution in [-0.4, -0.2) is 18.2 Å². The molecule has 0 amide bonds. The van der Waals surface area contributed by atoms with Gasteiger partial charge < -0.3 is 4.74 Å². The van der Waals surface area contributed by atoms with Gasteiger partial charge in [0, 0.05) is 5.54 Å². The van der Waals surface area contributed by atoms with E-state index in [9.17, 15) is 4.79 Å². The first-order valence-corrected chi connectivity index (χ1v) is 3.80. The predicted octanol–water partition coefficient (Wildman–Crippen LogP) is 1.19. The van der Waals surface area contributed by atoms with Gasteiger partial charge in [-0.1, -0.05) is 6.92 Å². The van der Waals surface area contributed by atoms with Gasteiger partial charge in [0.1, 0.15) is 0 Å². The van der Waals surface area contributed by atoms with E-state index in [2.05, 4.69) is 10.1 Å². The summed E-state index contributed by atoms with van der Waals surface area (Å²) in [6.45, 7) is 9.43. The molecule has 1 atom stereocenters. The maximum atomic E-state index is 9.87. The maximum Gasteiger partial charge on any atom is 0.419 e. The van der Waals surface area contributed by atoms with Crippen LogP contribution >= 0.6 is 0 Å². The third kappa shape index (κ3) is 5.85. The lowest BCUT2D eigenvalue weighted by atomic mass is 10.1. The number of hydrogen-bond donors (Lipinski definition) is 1. The summed E-state index contributed by atoms with van der Waals surface area (Å²) in [4.78, 5) is 9.87. The van der Waals surface area contributed by atoms with Crippen LogP contribution in [0.3, 0.4) is 0 Å². The molecule has 0 spiro atoms. The summed E-state index contributed by atoms with van der Waals surface area (Å²) in [5.74, 6) is 0. The first kappa shape index (κ1) is 10.4. The van der Waals surface area contributed by atoms with Crippen molar-refractivity contribution in [2.24, 2.45) is 0 Å². The van der Waals surface area contributed by atoms with Crippen LogP contribution in [-0.2, 0) is 9.53 Å². The number of carbonyl (C=O) groups excluding carboxylic acids is 1.